The summed E-state index contributed by atoms with van der Waals surface area (Å²) in [7, 11) is 0. The molecule has 150 valence electrons. The van der Waals surface area contributed by atoms with Crippen molar-refractivity contribution < 1.29 is 4.79 Å². The molecule has 1 aromatic heterocycles. The molecule has 2 fully saturated rings. The molecule has 2 aliphatic rings. The van der Waals surface area contributed by atoms with Gasteiger partial charge < -0.3 is 10.2 Å². The van der Waals surface area contributed by atoms with Gasteiger partial charge in [-0.3, -0.25) is 9.36 Å². The van der Waals surface area contributed by atoms with Gasteiger partial charge in [0, 0.05) is 30.7 Å². The Balaban J connectivity index is 1.34. The third kappa shape index (κ3) is 4.81. The average Bonchev–Trinajstić information content (AvgIpc) is 3.46. The molecule has 1 saturated heterocycles. The minimum absolute atomic E-state index is 0.00126. The van der Waals surface area contributed by atoms with Crippen molar-refractivity contribution in [1.82, 2.24) is 20.1 Å². The van der Waals surface area contributed by atoms with E-state index in [1.807, 2.05) is 24.3 Å². The van der Waals surface area contributed by atoms with Gasteiger partial charge in [0.15, 0.2) is 5.16 Å². The molecule has 0 unspecified atom stereocenters. The molecule has 4 rings (SSSR count). The lowest BCUT2D eigenvalue weighted by molar-refractivity contribution is -0.118. The van der Waals surface area contributed by atoms with Crippen LogP contribution < -0.4 is 10.2 Å². The molecule has 2 aromatic rings. The molecule has 2 heterocycles. The Hall–Kier alpha value is -1.73. The van der Waals surface area contributed by atoms with Crippen LogP contribution in [0.5, 0.6) is 0 Å². The normalized spacial score (nSPS) is 17.7. The monoisotopic (exact) mass is 419 g/mol. The highest BCUT2D eigenvalue weighted by Crippen LogP contribution is 2.41. The maximum Gasteiger partial charge on any atom is 0.230 e. The first-order valence-electron chi connectivity index (χ1n) is 9.94. The van der Waals surface area contributed by atoms with Crippen LogP contribution in [0.25, 0.3) is 0 Å². The number of rotatable bonds is 7. The van der Waals surface area contributed by atoms with Crippen LogP contribution in [0.4, 0.5) is 5.95 Å². The zero-order valence-electron chi connectivity index (χ0n) is 16.1. The van der Waals surface area contributed by atoms with E-state index in [0.717, 1.165) is 35.7 Å². The molecule has 0 bridgehead atoms. The van der Waals surface area contributed by atoms with Crippen LogP contribution in [-0.4, -0.2) is 39.5 Å². The van der Waals surface area contributed by atoms with E-state index in [0.29, 0.717) is 23.4 Å². The Kier molecular flexibility index (Phi) is 6.11. The first-order chi connectivity index (χ1) is 13.6. The molecule has 8 heteroatoms. The summed E-state index contributed by atoms with van der Waals surface area (Å²) in [6.07, 6.45) is 4.75. The average molecular weight is 420 g/mol. The highest BCUT2D eigenvalue weighted by Gasteiger charge is 2.32. The fourth-order valence-corrected chi connectivity index (χ4v) is 4.38. The fourth-order valence-electron chi connectivity index (χ4n) is 3.43. The number of anilines is 1. The Morgan fingerprint density at radius 1 is 1.18 bits per heavy atom. The number of carbonyl (C=O) groups is 1. The van der Waals surface area contributed by atoms with Gasteiger partial charge in [-0.2, -0.15) is 0 Å². The Labute approximate surface area is 175 Å². The van der Waals surface area contributed by atoms with Gasteiger partial charge >= 0.3 is 0 Å². The molecule has 1 aliphatic heterocycles. The summed E-state index contributed by atoms with van der Waals surface area (Å²) in [5.41, 5.74) is 1.03. The number of nitrogens with zero attached hydrogens (tertiary/aromatic N) is 4. The van der Waals surface area contributed by atoms with E-state index in [-0.39, 0.29) is 5.91 Å². The lowest BCUT2D eigenvalue weighted by atomic mass is 10.00. The Morgan fingerprint density at radius 2 is 1.89 bits per heavy atom. The second kappa shape index (κ2) is 8.74. The molecule has 1 amide bonds. The van der Waals surface area contributed by atoms with Gasteiger partial charge in [0.05, 0.1) is 5.75 Å². The number of thioether (sulfide) groups is 1. The van der Waals surface area contributed by atoms with Crippen LogP contribution in [0.1, 0.15) is 44.2 Å². The number of amides is 1. The van der Waals surface area contributed by atoms with Crippen LogP contribution in [0, 0.1) is 5.92 Å². The maximum absolute atomic E-state index is 12.3. The molecule has 0 radical (unpaired) electrons. The molecule has 0 atom stereocenters. The van der Waals surface area contributed by atoms with Gasteiger partial charge in [0.1, 0.15) is 0 Å². The van der Waals surface area contributed by atoms with E-state index in [4.69, 9.17) is 11.6 Å². The zero-order valence-corrected chi connectivity index (χ0v) is 17.7. The van der Waals surface area contributed by atoms with Crippen molar-refractivity contribution in [2.24, 2.45) is 5.92 Å². The predicted octanol–water partition coefficient (Wildman–Crippen LogP) is 3.91. The number of carbonyl (C=O) groups excluding carboxylic acids is 1. The summed E-state index contributed by atoms with van der Waals surface area (Å²) in [6.45, 7) is 4.90. The molecule has 1 N–H and O–H groups in total. The molecule has 1 aliphatic carbocycles. The molecular weight excluding hydrogens is 394 g/mol. The summed E-state index contributed by atoms with van der Waals surface area (Å²) >= 11 is 7.37. The highest BCUT2D eigenvalue weighted by atomic mass is 35.5. The topological polar surface area (TPSA) is 63.1 Å². The van der Waals surface area contributed by atoms with E-state index in [1.165, 1.54) is 37.4 Å². The number of benzene rings is 1. The molecule has 28 heavy (non-hydrogen) atoms. The van der Waals surface area contributed by atoms with Crippen molar-refractivity contribution in [1.29, 1.82) is 0 Å². The number of nitrogens with one attached hydrogen (secondary N) is 1. The summed E-state index contributed by atoms with van der Waals surface area (Å²) in [6, 6.07) is 8.00. The first-order valence-corrected chi connectivity index (χ1v) is 11.3. The van der Waals surface area contributed by atoms with Gasteiger partial charge in [-0.15, -0.1) is 10.2 Å². The van der Waals surface area contributed by atoms with E-state index in [9.17, 15) is 4.79 Å². The van der Waals surface area contributed by atoms with Gasteiger partial charge in [0.2, 0.25) is 11.9 Å². The van der Waals surface area contributed by atoms with Crippen LogP contribution in [-0.2, 0) is 11.3 Å². The summed E-state index contributed by atoms with van der Waals surface area (Å²) in [5.74, 6) is 2.11. The van der Waals surface area contributed by atoms with E-state index in [1.54, 1.807) is 0 Å². The predicted molar refractivity (Wildman–Crippen MR) is 113 cm³/mol. The van der Waals surface area contributed by atoms with Crippen molar-refractivity contribution >= 4 is 35.2 Å². The number of aromatic nitrogens is 3. The quantitative estimate of drug-likeness (QED) is 0.689. The van der Waals surface area contributed by atoms with Gasteiger partial charge in [-0.05, 0) is 49.3 Å². The lowest BCUT2D eigenvalue weighted by Crippen LogP contribution is -2.34. The van der Waals surface area contributed by atoms with Gasteiger partial charge in [-0.1, -0.05) is 42.4 Å². The number of piperidine rings is 1. The molecular formula is C20H26ClN5OS. The third-order valence-corrected chi connectivity index (χ3v) is 6.56. The zero-order chi connectivity index (χ0) is 19.5. The molecule has 0 spiro atoms. The van der Waals surface area contributed by atoms with Crippen molar-refractivity contribution in [2.45, 2.75) is 50.4 Å². The summed E-state index contributed by atoms with van der Waals surface area (Å²) in [5, 5.41) is 13.4. The van der Waals surface area contributed by atoms with E-state index in [2.05, 4.69) is 31.9 Å². The van der Waals surface area contributed by atoms with Crippen molar-refractivity contribution in [3.05, 3.63) is 34.9 Å². The summed E-state index contributed by atoms with van der Waals surface area (Å²) < 4.78 is 2.26. The SMILES string of the molecule is CC1CCN(c2nnc(SCC(=O)NCc3ccc(Cl)cc3)n2C2CC2)CC1. The largest absolute Gasteiger partial charge is 0.351 e. The van der Waals surface area contributed by atoms with Crippen molar-refractivity contribution in [3.63, 3.8) is 0 Å². The number of hydrogen-bond donors (Lipinski definition) is 1. The smallest absolute Gasteiger partial charge is 0.230 e. The first kappa shape index (κ1) is 19.6. The van der Waals surface area contributed by atoms with E-state index < -0.39 is 0 Å². The molecule has 6 nitrogen and oxygen atoms in total. The molecule has 1 saturated carbocycles. The fraction of sp³-hybridized carbons (Fsp3) is 0.550. The van der Waals surface area contributed by atoms with Gasteiger partial charge in [0.25, 0.3) is 0 Å². The minimum Gasteiger partial charge on any atom is -0.351 e. The van der Waals surface area contributed by atoms with E-state index >= 15 is 0 Å². The third-order valence-electron chi connectivity index (χ3n) is 5.36. The van der Waals surface area contributed by atoms with Gasteiger partial charge in [-0.25, -0.2) is 0 Å². The second-order valence-electron chi connectivity index (χ2n) is 7.75. The summed E-state index contributed by atoms with van der Waals surface area (Å²) in [4.78, 5) is 14.6. The minimum atomic E-state index is -0.00126. The maximum atomic E-state index is 12.3. The van der Waals surface area contributed by atoms with Crippen molar-refractivity contribution in [3.8, 4) is 0 Å². The van der Waals surface area contributed by atoms with Crippen LogP contribution >= 0.6 is 23.4 Å². The van der Waals surface area contributed by atoms with Crippen molar-refractivity contribution in [2.75, 3.05) is 23.7 Å². The number of hydrogen-bond acceptors (Lipinski definition) is 5. The highest BCUT2D eigenvalue weighted by molar-refractivity contribution is 7.99. The Bertz CT molecular complexity index is 813. The van der Waals surface area contributed by atoms with Crippen LogP contribution in [0.2, 0.25) is 5.02 Å². The number of halogens is 1. The molecule has 1 aromatic carbocycles. The Morgan fingerprint density at radius 3 is 2.57 bits per heavy atom. The second-order valence-corrected chi connectivity index (χ2v) is 9.12. The standard InChI is InChI=1S/C20H26ClN5OS/c1-14-8-10-25(11-9-14)19-23-24-20(26(19)17-6-7-17)28-13-18(27)22-12-15-2-4-16(21)5-3-15/h2-5,14,17H,6-13H2,1H3,(H,22,27). The lowest BCUT2D eigenvalue weighted by Gasteiger charge is -2.31. The van der Waals surface area contributed by atoms with Crippen LogP contribution in [0.15, 0.2) is 29.4 Å². The van der Waals surface area contributed by atoms with Crippen LogP contribution in [0.3, 0.4) is 0 Å².